The molecule has 2 aliphatic heterocycles. The molecule has 0 aromatic carbocycles. The van der Waals surface area contributed by atoms with Gasteiger partial charge >= 0.3 is 0 Å². The minimum Gasteiger partial charge on any atom is -0.396 e. The van der Waals surface area contributed by atoms with Gasteiger partial charge in [-0.15, -0.1) is 11.3 Å². The number of hydrogen-bond donors (Lipinski definition) is 1. The Morgan fingerprint density at radius 3 is 3.00 bits per heavy atom. The summed E-state index contributed by atoms with van der Waals surface area (Å²) in [6.45, 7) is 3.74. The van der Waals surface area contributed by atoms with Crippen LogP contribution < -0.4 is 5.73 Å². The molecule has 4 heterocycles. The fourth-order valence-electron chi connectivity index (χ4n) is 3.32. The third-order valence-corrected chi connectivity index (χ3v) is 5.52. The van der Waals surface area contributed by atoms with Crippen molar-refractivity contribution < 1.29 is 4.79 Å². The number of nitrogen functional groups attached to an aromatic ring is 1. The molecule has 2 aliphatic rings. The van der Waals surface area contributed by atoms with Crippen molar-refractivity contribution >= 4 is 33.3 Å². The first-order chi connectivity index (χ1) is 10.2. The molecule has 0 bridgehead atoms. The van der Waals surface area contributed by atoms with Crippen LogP contribution in [-0.4, -0.2) is 57.9 Å². The first-order valence-corrected chi connectivity index (χ1v) is 8.08. The van der Waals surface area contributed by atoms with E-state index in [0.29, 0.717) is 22.1 Å². The van der Waals surface area contributed by atoms with Gasteiger partial charge in [-0.25, -0.2) is 9.97 Å². The number of thiophene rings is 1. The maximum Gasteiger partial charge on any atom is 0.266 e. The number of carbonyl (C=O) groups excluding carboxylic acids is 1. The molecule has 0 radical (unpaired) electrons. The van der Waals surface area contributed by atoms with Crippen LogP contribution in [-0.2, 0) is 0 Å². The van der Waals surface area contributed by atoms with Crippen molar-refractivity contribution in [2.75, 3.05) is 31.9 Å². The van der Waals surface area contributed by atoms with E-state index in [9.17, 15) is 4.79 Å². The molecule has 0 aliphatic carbocycles. The van der Waals surface area contributed by atoms with Gasteiger partial charge in [0.05, 0.1) is 5.69 Å². The summed E-state index contributed by atoms with van der Waals surface area (Å²) in [4.78, 5) is 27.0. The average molecular weight is 303 g/mol. The Morgan fingerprint density at radius 2 is 2.14 bits per heavy atom. The van der Waals surface area contributed by atoms with Crippen molar-refractivity contribution in [3.8, 4) is 0 Å². The van der Waals surface area contributed by atoms with E-state index in [1.807, 2.05) is 4.90 Å². The van der Waals surface area contributed by atoms with Crippen molar-refractivity contribution in [1.82, 2.24) is 19.8 Å². The number of aromatic nitrogens is 2. The molecule has 2 fully saturated rings. The third kappa shape index (κ3) is 2.08. The Morgan fingerprint density at radius 1 is 1.29 bits per heavy atom. The minimum absolute atomic E-state index is 0.0313. The topological polar surface area (TPSA) is 75.4 Å². The molecule has 0 saturated carbocycles. The van der Waals surface area contributed by atoms with Crippen LogP contribution in [0.1, 0.15) is 22.5 Å². The van der Waals surface area contributed by atoms with Gasteiger partial charge in [-0.2, -0.15) is 0 Å². The van der Waals surface area contributed by atoms with E-state index in [0.717, 1.165) is 24.5 Å². The minimum atomic E-state index is 0.0313. The lowest BCUT2D eigenvalue weighted by molar-refractivity contribution is 0.0577. The molecule has 1 amide bonds. The molecule has 1 atom stereocenters. The van der Waals surface area contributed by atoms with Crippen LogP contribution in [0.4, 0.5) is 5.69 Å². The number of piperazine rings is 1. The van der Waals surface area contributed by atoms with Crippen LogP contribution in [0.15, 0.2) is 12.4 Å². The van der Waals surface area contributed by atoms with E-state index in [1.54, 1.807) is 12.4 Å². The van der Waals surface area contributed by atoms with Crippen LogP contribution in [0.5, 0.6) is 0 Å². The number of fused-ring (bicyclic) bond motifs is 2. The number of amides is 1. The van der Waals surface area contributed by atoms with Gasteiger partial charge in [0.25, 0.3) is 5.91 Å². The Labute approximate surface area is 126 Å². The van der Waals surface area contributed by atoms with Gasteiger partial charge < -0.3 is 10.6 Å². The van der Waals surface area contributed by atoms with Crippen molar-refractivity contribution in [2.45, 2.75) is 18.9 Å². The molecule has 4 rings (SSSR count). The number of hydrogen-bond acceptors (Lipinski definition) is 6. The molecule has 21 heavy (non-hydrogen) atoms. The van der Waals surface area contributed by atoms with Crippen molar-refractivity contribution in [3.05, 3.63) is 17.3 Å². The second kappa shape index (κ2) is 4.92. The average Bonchev–Trinajstić information content (AvgIpc) is 3.11. The molecule has 110 valence electrons. The summed E-state index contributed by atoms with van der Waals surface area (Å²) in [5.41, 5.74) is 7.22. The van der Waals surface area contributed by atoms with E-state index >= 15 is 0 Å². The smallest absolute Gasteiger partial charge is 0.266 e. The zero-order valence-electron chi connectivity index (χ0n) is 11.7. The first-order valence-electron chi connectivity index (χ1n) is 7.26. The second-order valence-electron chi connectivity index (χ2n) is 5.64. The molecule has 0 spiro atoms. The van der Waals surface area contributed by atoms with E-state index < -0.39 is 0 Å². The van der Waals surface area contributed by atoms with Crippen molar-refractivity contribution in [1.29, 1.82) is 0 Å². The Hall–Kier alpha value is -1.73. The van der Waals surface area contributed by atoms with Crippen LogP contribution in [0.2, 0.25) is 0 Å². The lowest BCUT2D eigenvalue weighted by Crippen LogP contribution is -2.52. The molecule has 2 aromatic rings. The zero-order chi connectivity index (χ0) is 14.4. The predicted octanol–water partition coefficient (Wildman–Crippen LogP) is 1.19. The molecular weight excluding hydrogens is 286 g/mol. The van der Waals surface area contributed by atoms with Gasteiger partial charge in [-0.1, -0.05) is 0 Å². The van der Waals surface area contributed by atoms with Crippen LogP contribution >= 0.6 is 11.3 Å². The van der Waals surface area contributed by atoms with E-state index in [-0.39, 0.29) is 5.91 Å². The molecule has 7 heteroatoms. The molecule has 2 saturated heterocycles. The van der Waals surface area contributed by atoms with Gasteiger partial charge in [-0.05, 0) is 19.4 Å². The summed E-state index contributed by atoms with van der Waals surface area (Å²) in [5, 5.41) is 0. The SMILES string of the molecule is Nc1c(C(=O)N2CCN3CCCC3C2)sc2nccnc12. The Bertz CT molecular complexity index is 700. The van der Waals surface area contributed by atoms with Gasteiger partial charge in [0.1, 0.15) is 15.2 Å². The highest BCUT2D eigenvalue weighted by Crippen LogP contribution is 2.32. The highest BCUT2D eigenvalue weighted by Gasteiger charge is 2.34. The lowest BCUT2D eigenvalue weighted by atomic mass is 10.1. The summed E-state index contributed by atoms with van der Waals surface area (Å²) in [6, 6.07) is 0.523. The summed E-state index contributed by atoms with van der Waals surface area (Å²) in [5.74, 6) is 0.0313. The maximum absolute atomic E-state index is 12.8. The van der Waals surface area contributed by atoms with Crippen molar-refractivity contribution in [3.63, 3.8) is 0 Å². The maximum atomic E-state index is 12.8. The van der Waals surface area contributed by atoms with Gasteiger partial charge in [0, 0.05) is 38.1 Å². The fourth-order valence-corrected chi connectivity index (χ4v) is 4.31. The normalized spacial score (nSPS) is 22.7. The number of nitrogens with zero attached hydrogens (tertiary/aromatic N) is 4. The fraction of sp³-hybridized carbons (Fsp3) is 0.500. The largest absolute Gasteiger partial charge is 0.396 e. The lowest BCUT2D eigenvalue weighted by Gasteiger charge is -2.37. The van der Waals surface area contributed by atoms with E-state index in [2.05, 4.69) is 14.9 Å². The van der Waals surface area contributed by atoms with Crippen LogP contribution in [0.3, 0.4) is 0 Å². The summed E-state index contributed by atoms with van der Waals surface area (Å²) in [7, 11) is 0. The number of carbonyl (C=O) groups is 1. The first kappa shape index (κ1) is 13.0. The molecular formula is C14H17N5OS. The standard InChI is InChI=1S/C14H17N5OS/c15-10-11-13(17-4-3-16-11)21-12(10)14(20)19-7-6-18-5-1-2-9(18)8-19/h3-4,9H,1-2,5-8,15H2. The van der Waals surface area contributed by atoms with Gasteiger partial charge in [0.15, 0.2) is 0 Å². The quantitative estimate of drug-likeness (QED) is 0.856. The van der Waals surface area contributed by atoms with E-state index in [4.69, 9.17) is 5.73 Å². The van der Waals surface area contributed by atoms with E-state index in [1.165, 1.54) is 30.7 Å². The summed E-state index contributed by atoms with van der Waals surface area (Å²) in [6.07, 6.45) is 5.67. The highest BCUT2D eigenvalue weighted by molar-refractivity contribution is 7.21. The monoisotopic (exact) mass is 303 g/mol. The number of anilines is 1. The summed E-state index contributed by atoms with van der Waals surface area (Å²) < 4.78 is 0. The third-order valence-electron chi connectivity index (χ3n) is 4.43. The molecule has 1 unspecified atom stereocenters. The molecule has 2 N–H and O–H groups in total. The van der Waals surface area contributed by atoms with Gasteiger partial charge in [-0.3, -0.25) is 9.69 Å². The Balaban J connectivity index is 1.62. The van der Waals surface area contributed by atoms with Crippen molar-refractivity contribution in [2.24, 2.45) is 0 Å². The van der Waals surface area contributed by atoms with Gasteiger partial charge in [0.2, 0.25) is 0 Å². The molecule has 2 aromatic heterocycles. The number of rotatable bonds is 1. The van der Waals surface area contributed by atoms with Crippen LogP contribution in [0.25, 0.3) is 10.3 Å². The second-order valence-corrected chi connectivity index (χ2v) is 6.64. The highest BCUT2D eigenvalue weighted by atomic mass is 32.1. The summed E-state index contributed by atoms with van der Waals surface area (Å²) >= 11 is 1.35. The zero-order valence-corrected chi connectivity index (χ0v) is 12.5. The molecule has 6 nitrogen and oxygen atoms in total. The predicted molar refractivity (Wildman–Crippen MR) is 82.3 cm³/mol. The van der Waals surface area contributed by atoms with Crippen LogP contribution in [0, 0.1) is 0 Å². The number of nitrogens with two attached hydrogens (primary N) is 1. The Kier molecular flexibility index (Phi) is 3.04.